The summed E-state index contributed by atoms with van der Waals surface area (Å²) >= 11 is 0. The van der Waals surface area contributed by atoms with Crippen LogP contribution in [0, 0.1) is 0 Å². The molecule has 0 saturated heterocycles. The molecule has 0 saturated carbocycles. The first-order valence-corrected chi connectivity index (χ1v) is 22.5. The Morgan fingerprint density at radius 2 is 0.774 bits per heavy atom. The molecule has 0 amide bonds. The Labute approximate surface area is 327 Å². The highest BCUT2D eigenvalue weighted by molar-refractivity contribution is 5.71. The van der Waals surface area contributed by atoms with Crippen molar-refractivity contribution in [1.82, 2.24) is 4.90 Å². The van der Waals surface area contributed by atoms with E-state index in [4.69, 9.17) is 14.2 Å². The largest absolute Gasteiger partial charge is 0.462 e. The molecule has 0 bridgehead atoms. The zero-order valence-electron chi connectivity index (χ0n) is 35.3. The van der Waals surface area contributed by atoms with Crippen molar-refractivity contribution in [3.05, 3.63) is 24.3 Å². The van der Waals surface area contributed by atoms with Crippen molar-refractivity contribution < 1.29 is 28.6 Å². The molecule has 7 nitrogen and oxygen atoms in total. The average molecular weight is 748 g/mol. The van der Waals surface area contributed by atoms with Crippen LogP contribution in [0.5, 0.6) is 0 Å². The van der Waals surface area contributed by atoms with E-state index in [1.807, 2.05) is 0 Å². The van der Waals surface area contributed by atoms with E-state index in [1.165, 1.54) is 116 Å². The summed E-state index contributed by atoms with van der Waals surface area (Å²) < 4.78 is 16.6. The first kappa shape index (κ1) is 50.9. The van der Waals surface area contributed by atoms with Gasteiger partial charge < -0.3 is 19.1 Å². The second kappa shape index (κ2) is 41.0. The number of ether oxygens (including phenoxy) is 3. The topological polar surface area (TPSA) is 82.1 Å². The molecule has 0 aromatic carbocycles. The molecular weight excluding hydrogens is 663 g/mol. The third kappa shape index (κ3) is 37.9. The summed E-state index contributed by atoms with van der Waals surface area (Å²) in [7, 11) is 0. The van der Waals surface area contributed by atoms with Crippen LogP contribution in [0.3, 0.4) is 0 Å². The quantitative estimate of drug-likeness (QED) is 0.0267. The molecule has 0 aliphatic heterocycles. The standard InChI is InChI=1S/C46H85NO6/c1-5-9-11-13-15-17-19-21-23-25-27-29-31-33-35-37-44(48)51-41-43(53-46(50)39-40-47(7-3)8-4)42-52-45(49)38-36-34-32-30-28-26-24-22-20-18-16-14-12-10-6-2/h21-24,43H,5-20,25-42H2,1-4H3/b23-21-,24-22-. The molecule has 7 heteroatoms. The maximum absolute atomic E-state index is 12.6. The van der Waals surface area contributed by atoms with E-state index < -0.39 is 6.10 Å². The molecule has 0 aromatic rings. The van der Waals surface area contributed by atoms with Crippen molar-refractivity contribution in [3.63, 3.8) is 0 Å². The Hall–Kier alpha value is -2.15. The van der Waals surface area contributed by atoms with E-state index >= 15 is 0 Å². The van der Waals surface area contributed by atoms with Crippen molar-refractivity contribution in [2.75, 3.05) is 32.8 Å². The summed E-state index contributed by atoms with van der Waals surface area (Å²) in [5.41, 5.74) is 0. The molecule has 0 heterocycles. The number of allylic oxidation sites excluding steroid dienone is 4. The number of unbranched alkanes of at least 4 members (excludes halogenated alkanes) is 22. The van der Waals surface area contributed by atoms with Crippen LogP contribution in [0.15, 0.2) is 24.3 Å². The number of rotatable bonds is 40. The van der Waals surface area contributed by atoms with E-state index in [-0.39, 0.29) is 37.5 Å². The molecule has 0 unspecified atom stereocenters. The average Bonchev–Trinajstić information content (AvgIpc) is 3.16. The second-order valence-electron chi connectivity index (χ2n) is 14.9. The van der Waals surface area contributed by atoms with Gasteiger partial charge in [0, 0.05) is 19.4 Å². The minimum Gasteiger partial charge on any atom is -0.462 e. The van der Waals surface area contributed by atoms with Crippen LogP contribution in [0.2, 0.25) is 0 Å². The molecule has 0 N–H and O–H groups in total. The Bertz CT molecular complexity index is 827. The lowest BCUT2D eigenvalue weighted by atomic mass is 10.1. The molecule has 0 rings (SSSR count). The molecule has 0 atom stereocenters. The summed E-state index contributed by atoms with van der Waals surface area (Å²) in [6.07, 6.45) is 40.8. The van der Waals surface area contributed by atoms with E-state index in [0.717, 1.165) is 64.5 Å². The normalized spacial score (nSPS) is 11.7. The van der Waals surface area contributed by atoms with Crippen LogP contribution in [-0.4, -0.2) is 61.8 Å². The van der Waals surface area contributed by atoms with E-state index in [1.54, 1.807) is 0 Å². The minimum absolute atomic E-state index is 0.0956. The summed E-state index contributed by atoms with van der Waals surface area (Å²) in [5, 5.41) is 0. The molecule has 0 fully saturated rings. The summed E-state index contributed by atoms with van der Waals surface area (Å²) in [6, 6.07) is 0. The van der Waals surface area contributed by atoms with Gasteiger partial charge in [-0.2, -0.15) is 0 Å². The fourth-order valence-electron chi connectivity index (χ4n) is 6.35. The van der Waals surface area contributed by atoms with Crippen LogP contribution in [-0.2, 0) is 28.6 Å². The monoisotopic (exact) mass is 748 g/mol. The summed E-state index contributed by atoms with van der Waals surface area (Å²) in [4.78, 5) is 39.7. The van der Waals surface area contributed by atoms with Gasteiger partial charge in [-0.25, -0.2) is 0 Å². The van der Waals surface area contributed by atoms with E-state index in [2.05, 4.69) is 56.9 Å². The van der Waals surface area contributed by atoms with Gasteiger partial charge in [-0.05, 0) is 77.3 Å². The van der Waals surface area contributed by atoms with Crippen LogP contribution in [0.4, 0.5) is 0 Å². The van der Waals surface area contributed by atoms with Crippen LogP contribution < -0.4 is 0 Å². The molecule has 0 aliphatic rings. The maximum atomic E-state index is 12.6. The Kier molecular flexibility index (Phi) is 39.4. The molecule has 53 heavy (non-hydrogen) atoms. The first-order chi connectivity index (χ1) is 26.0. The number of nitrogens with zero attached hydrogens (tertiary/aromatic N) is 1. The van der Waals surface area contributed by atoms with Gasteiger partial charge in [0.15, 0.2) is 6.10 Å². The highest BCUT2D eigenvalue weighted by atomic mass is 16.6. The van der Waals surface area contributed by atoms with Gasteiger partial charge in [-0.15, -0.1) is 0 Å². The molecule has 0 aliphatic carbocycles. The van der Waals surface area contributed by atoms with Gasteiger partial charge in [0.2, 0.25) is 0 Å². The highest BCUT2D eigenvalue weighted by Crippen LogP contribution is 2.13. The molecule has 310 valence electrons. The van der Waals surface area contributed by atoms with Gasteiger partial charge in [0.1, 0.15) is 13.2 Å². The number of hydrogen-bond acceptors (Lipinski definition) is 7. The molecular formula is C46H85NO6. The zero-order valence-corrected chi connectivity index (χ0v) is 35.3. The number of esters is 3. The number of carbonyl (C=O) groups is 3. The van der Waals surface area contributed by atoms with Gasteiger partial charge in [-0.3, -0.25) is 14.4 Å². The lowest BCUT2D eigenvalue weighted by Crippen LogP contribution is -2.32. The predicted octanol–water partition coefficient (Wildman–Crippen LogP) is 12.8. The van der Waals surface area contributed by atoms with Crippen LogP contribution in [0.25, 0.3) is 0 Å². The van der Waals surface area contributed by atoms with Gasteiger partial charge in [0.05, 0.1) is 6.42 Å². The van der Waals surface area contributed by atoms with Crippen molar-refractivity contribution in [2.24, 2.45) is 0 Å². The van der Waals surface area contributed by atoms with Crippen molar-refractivity contribution in [1.29, 1.82) is 0 Å². The van der Waals surface area contributed by atoms with E-state index in [9.17, 15) is 14.4 Å². The Morgan fingerprint density at radius 3 is 1.13 bits per heavy atom. The molecule has 0 spiro atoms. The fraction of sp³-hybridized carbons (Fsp3) is 0.848. The lowest BCUT2D eigenvalue weighted by molar-refractivity contribution is -0.167. The smallest absolute Gasteiger partial charge is 0.307 e. The second-order valence-corrected chi connectivity index (χ2v) is 14.9. The highest BCUT2D eigenvalue weighted by Gasteiger charge is 2.20. The van der Waals surface area contributed by atoms with Crippen molar-refractivity contribution in [3.8, 4) is 0 Å². The van der Waals surface area contributed by atoms with Gasteiger partial charge >= 0.3 is 17.9 Å². The van der Waals surface area contributed by atoms with Crippen LogP contribution in [0.1, 0.15) is 214 Å². The molecule has 0 aromatic heterocycles. The van der Waals surface area contributed by atoms with Gasteiger partial charge in [0.25, 0.3) is 0 Å². The number of hydrogen-bond donors (Lipinski definition) is 0. The predicted molar refractivity (Wildman–Crippen MR) is 223 cm³/mol. The van der Waals surface area contributed by atoms with Crippen molar-refractivity contribution >= 4 is 17.9 Å². The fourth-order valence-corrected chi connectivity index (χ4v) is 6.35. The zero-order chi connectivity index (χ0) is 38.9. The SMILES string of the molecule is CCCCCCCC/C=C\CCCCCCCC(=O)OCC(COC(=O)CCCCCCC/C=C\CCCCCCCC)OC(=O)CCN(CC)CC. The van der Waals surface area contributed by atoms with Crippen LogP contribution >= 0.6 is 0 Å². The number of carbonyl (C=O) groups excluding carboxylic acids is 3. The van der Waals surface area contributed by atoms with Crippen molar-refractivity contribution in [2.45, 2.75) is 220 Å². The molecule has 0 radical (unpaired) electrons. The first-order valence-electron chi connectivity index (χ1n) is 22.5. The summed E-state index contributed by atoms with van der Waals surface area (Å²) in [5.74, 6) is -0.971. The Balaban J connectivity index is 4.23. The maximum Gasteiger partial charge on any atom is 0.307 e. The van der Waals surface area contributed by atoms with E-state index in [0.29, 0.717) is 19.4 Å². The van der Waals surface area contributed by atoms with Gasteiger partial charge in [-0.1, -0.05) is 155 Å². The lowest BCUT2D eigenvalue weighted by Gasteiger charge is -2.20. The Morgan fingerprint density at radius 1 is 0.434 bits per heavy atom. The third-order valence-electron chi connectivity index (χ3n) is 9.97. The minimum atomic E-state index is -0.796. The summed E-state index contributed by atoms with van der Waals surface area (Å²) in [6.45, 7) is 10.8. The third-order valence-corrected chi connectivity index (χ3v) is 9.97.